The lowest BCUT2D eigenvalue weighted by atomic mass is 9.96. The number of carbonyl (C=O) groups is 2. The lowest BCUT2D eigenvalue weighted by molar-refractivity contribution is 0.0506. The minimum Gasteiger partial charge on any atom is -0.444 e. The lowest BCUT2D eigenvalue weighted by Gasteiger charge is -2.21. The first-order valence-corrected chi connectivity index (χ1v) is 36.5. The number of aromatic amines is 4. The second-order valence-corrected chi connectivity index (χ2v) is 28.2. The van der Waals surface area contributed by atoms with Gasteiger partial charge in [-0.1, -0.05) is 171 Å². The molecule has 2 atom stereocenters. The number of Topliss-reactive ketones (excluding diaryl/α,β-unsaturated/α-hetero) is 1. The number of oxime groups is 1. The first-order valence-electron chi connectivity index (χ1n) is 36.1. The maximum absolute atomic E-state index is 11.7. The monoisotopic (exact) mass is 1420 g/mol. The van der Waals surface area contributed by atoms with E-state index in [1.54, 1.807) is 13.8 Å². The van der Waals surface area contributed by atoms with E-state index in [2.05, 4.69) is 160 Å². The largest absolute Gasteiger partial charge is 0.444 e. The van der Waals surface area contributed by atoms with Crippen LogP contribution in [0.25, 0.3) is 60.5 Å². The van der Waals surface area contributed by atoms with Crippen LogP contribution in [0.15, 0.2) is 217 Å². The van der Waals surface area contributed by atoms with Crippen LogP contribution in [0.2, 0.25) is 5.28 Å². The molecule has 0 fully saturated rings. The van der Waals surface area contributed by atoms with Gasteiger partial charge in [-0.3, -0.25) is 9.36 Å². The Morgan fingerprint density at radius 2 is 0.981 bits per heavy atom. The van der Waals surface area contributed by atoms with Gasteiger partial charge in [0.1, 0.15) is 17.2 Å². The first kappa shape index (κ1) is 74.8. The molecule has 2 unspecified atom stereocenters. The standard InChI is InChI=1S/C26H28N4.C15H16ClN3.C15H20N2O2.C10H10N2O.C10H12N2.C10H9NO/c1-18(2)24-16-20-12-6-9-15-23(20)30(24)26-28-22-14-8-7-13-21(22)25(29-26)27-17-19-10-4-3-5-11-19;16-15-18-13-9-5-4-8-12(13)14(19-15)17-10-11-6-2-1-3-7-11;1-10(16-14(18)19-15(2,3)4)13-9-11-7-5-6-8-12(11)17-13;1-7(12-13)10-6-8-4-2-3-5-9(8)11-10;1-7(11)10-6-8-4-2-3-5-9(8)12-10;1-7(12)10-6-8-4-2-3-5-9(8)11-10/h3-6,9-12,15-16,18H,7-8,13-14,17H2,1-2H3,(H,27,28,29);1-3,6-7H,4-5,8-10H2,(H,17,18,19);5-10,17H,1-4H3,(H,16,18);2-6,11,13H,1H3;2-7,12H,11H2,1H3;2-6,11H,1H3/b;;;12-7+;;. The number of anilines is 2. The molecule has 0 bridgehead atoms. The van der Waals surface area contributed by atoms with Crippen LogP contribution < -0.4 is 21.7 Å². The van der Waals surface area contributed by atoms with Gasteiger partial charge < -0.3 is 51.6 Å². The molecule has 18 nitrogen and oxygen atoms in total. The zero-order chi connectivity index (χ0) is 74.0. The molecular weight excluding hydrogens is 1330 g/mol. The third kappa shape index (κ3) is 20.1. The van der Waals surface area contributed by atoms with Crippen LogP contribution in [0.3, 0.4) is 0 Å². The number of aryl methyl sites for hydroxylation is 2. The van der Waals surface area contributed by atoms with E-state index in [-0.39, 0.29) is 17.9 Å². The molecule has 7 heterocycles. The zero-order valence-electron chi connectivity index (χ0n) is 61.3. The maximum atomic E-state index is 11.7. The zero-order valence-corrected chi connectivity index (χ0v) is 62.1. The molecule has 1 amide bonds. The number of benzene rings is 7. The minimum absolute atomic E-state index is 0.0752. The number of hydrogen-bond donors (Lipinski definition) is 9. The Kier molecular flexibility index (Phi) is 25.1. The van der Waals surface area contributed by atoms with Gasteiger partial charge in [0.05, 0.1) is 40.0 Å². The Morgan fingerprint density at radius 1 is 0.543 bits per heavy atom. The van der Waals surface area contributed by atoms with Gasteiger partial charge in [-0.05, 0) is 193 Å². The van der Waals surface area contributed by atoms with Gasteiger partial charge in [0.2, 0.25) is 11.2 Å². The lowest BCUT2D eigenvalue weighted by Crippen LogP contribution is -2.34. The van der Waals surface area contributed by atoms with E-state index >= 15 is 0 Å². The van der Waals surface area contributed by atoms with Crippen molar-refractivity contribution < 1.29 is 19.5 Å². The Labute approximate surface area is 618 Å². The Bertz CT molecular complexity index is 5100. The highest BCUT2D eigenvalue weighted by molar-refractivity contribution is 6.28. The number of ketones is 1. The minimum atomic E-state index is -0.482. The highest BCUT2D eigenvalue weighted by atomic mass is 35.5. The summed E-state index contributed by atoms with van der Waals surface area (Å²) in [6, 6.07) is 71.6. The molecule has 10 N–H and O–H groups in total. The van der Waals surface area contributed by atoms with E-state index in [0.717, 1.165) is 117 Å². The van der Waals surface area contributed by atoms with E-state index < -0.39 is 11.7 Å². The number of fused-ring (bicyclic) bond motifs is 7. The molecule has 19 heteroatoms. The number of amides is 1. The highest BCUT2D eigenvalue weighted by Gasteiger charge is 2.24. The van der Waals surface area contributed by atoms with Gasteiger partial charge >= 0.3 is 6.09 Å². The van der Waals surface area contributed by atoms with E-state index in [1.807, 2.05) is 156 Å². The molecule has 7 aromatic carbocycles. The number of H-pyrrole nitrogens is 4. The molecule has 0 aliphatic heterocycles. The summed E-state index contributed by atoms with van der Waals surface area (Å²) in [5, 5.41) is 27.7. The summed E-state index contributed by atoms with van der Waals surface area (Å²) in [6.45, 7) is 18.8. The van der Waals surface area contributed by atoms with Crippen molar-refractivity contribution in [2.75, 3.05) is 10.6 Å². The van der Waals surface area contributed by atoms with Crippen LogP contribution in [-0.4, -0.2) is 72.8 Å². The van der Waals surface area contributed by atoms with Crippen molar-refractivity contribution in [3.05, 3.63) is 280 Å². The van der Waals surface area contributed by atoms with Crippen molar-refractivity contribution >= 4 is 95.3 Å². The molecule has 105 heavy (non-hydrogen) atoms. The number of rotatable bonds is 13. The molecule has 0 radical (unpaired) electrons. The van der Waals surface area contributed by atoms with Crippen molar-refractivity contribution in [3.63, 3.8) is 0 Å². The predicted molar refractivity (Wildman–Crippen MR) is 428 cm³/mol. The summed E-state index contributed by atoms with van der Waals surface area (Å²) in [5.74, 6) is 3.14. The smallest absolute Gasteiger partial charge is 0.408 e. The van der Waals surface area contributed by atoms with Gasteiger partial charge in [-0.2, -0.15) is 4.98 Å². The number of halogens is 1. The fraction of sp³-hybridized carbons (Fsp3) is 0.267. The molecular formula is C86H95ClN14O4. The average molecular weight is 1420 g/mol. The Hall–Kier alpha value is -11.3. The normalized spacial score (nSPS) is 13.0. The second-order valence-electron chi connectivity index (χ2n) is 27.8. The fourth-order valence-corrected chi connectivity index (χ4v) is 12.9. The molecule has 2 aliphatic rings. The number of aromatic nitrogens is 9. The van der Waals surface area contributed by atoms with Gasteiger partial charge in [0, 0.05) is 92.5 Å². The summed E-state index contributed by atoms with van der Waals surface area (Å²) in [4.78, 5) is 54.3. The summed E-state index contributed by atoms with van der Waals surface area (Å²) in [7, 11) is 0. The van der Waals surface area contributed by atoms with Crippen LogP contribution in [-0.2, 0) is 43.5 Å². The SMILES string of the molecule is C/C(=N\O)c1cc2ccccc2[nH]1.CC(=O)c1cc2ccccc2[nH]1.CC(C)c1cc2ccccc2n1-c1nc2c(c(NCc3ccccc3)n1)CCCC2.CC(N)c1cc2ccccc2[nH]1.CC(NC(=O)OC(C)(C)C)c1cc2ccccc2[nH]1.Clc1nc2c(c(NCc3ccccc3)n1)CCCC2. The van der Waals surface area contributed by atoms with Crippen molar-refractivity contribution in [2.24, 2.45) is 10.9 Å². The van der Waals surface area contributed by atoms with Crippen LogP contribution in [0.1, 0.15) is 173 Å². The van der Waals surface area contributed by atoms with Crippen LogP contribution in [0.5, 0.6) is 0 Å². The molecule has 2 aliphatic carbocycles. The maximum Gasteiger partial charge on any atom is 0.408 e. The summed E-state index contributed by atoms with van der Waals surface area (Å²) in [5.41, 5.74) is 23.5. The highest BCUT2D eigenvalue weighted by Crippen LogP contribution is 2.33. The summed E-state index contributed by atoms with van der Waals surface area (Å²) >= 11 is 6.00. The fourth-order valence-electron chi connectivity index (χ4n) is 12.7. The van der Waals surface area contributed by atoms with E-state index in [9.17, 15) is 9.59 Å². The van der Waals surface area contributed by atoms with Crippen LogP contribution in [0.4, 0.5) is 16.4 Å². The molecule has 0 saturated carbocycles. The Balaban J connectivity index is 0.000000131. The topological polar surface area (TPSA) is 258 Å². The second kappa shape index (κ2) is 35.2. The van der Waals surface area contributed by atoms with Crippen molar-refractivity contribution in [1.29, 1.82) is 0 Å². The van der Waals surface area contributed by atoms with E-state index in [0.29, 0.717) is 22.6 Å². The summed E-state index contributed by atoms with van der Waals surface area (Å²) < 4.78 is 7.49. The molecule has 0 spiro atoms. The number of carbonyl (C=O) groups excluding carboxylic acids is 2. The number of hydrogen-bond acceptors (Lipinski definition) is 12. The van der Waals surface area contributed by atoms with Crippen LogP contribution in [0, 0.1) is 0 Å². The average Bonchev–Trinajstić information content (AvgIpc) is 1.68. The van der Waals surface area contributed by atoms with Gasteiger partial charge in [-0.25, -0.2) is 19.7 Å². The first-order chi connectivity index (χ1) is 50.7. The van der Waals surface area contributed by atoms with E-state index in [4.69, 9.17) is 37.2 Å². The molecule has 14 aromatic rings. The van der Waals surface area contributed by atoms with Gasteiger partial charge in [0.25, 0.3) is 0 Å². The van der Waals surface area contributed by atoms with E-state index in [1.165, 1.54) is 75.6 Å². The molecule has 540 valence electrons. The third-order valence-corrected chi connectivity index (χ3v) is 18.4. The molecule has 16 rings (SSSR count). The number of nitrogens with zero attached hydrogens (tertiary/aromatic N) is 6. The van der Waals surface area contributed by atoms with Gasteiger partial charge in [0.15, 0.2) is 5.78 Å². The van der Waals surface area contributed by atoms with Gasteiger partial charge in [-0.15, -0.1) is 0 Å². The molecule has 7 aromatic heterocycles. The predicted octanol–water partition coefficient (Wildman–Crippen LogP) is 20.3. The third-order valence-electron chi connectivity index (χ3n) is 18.2. The van der Waals surface area contributed by atoms with Crippen molar-refractivity contribution in [2.45, 2.75) is 150 Å². The number of ether oxygens (including phenoxy) is 1. The summed E-state index contributed by atoms with van der Waals surface area (Å²) in [6.07, 6.45) is 8.54. The molecule has 0 saturated heterocycles. The number of nitrogens with one attached hydrogen (secondary N) is 7. The quantitative estimate of drug-likeness (QED) is 0.0172. The van der Waals surface area contributed by atoms with Crippen LogP contribution >= 0.6 is 11.6 Å². The number of nitrogens with two attached hydrogens (primary N) is 1. The Morgan fingerprint density at radius 3 is 1.48 bits per heavy atom. The van der Waals surface area contributed by atoms with Crippen molar-refractivity contribution in [3.8, 4) is 5.95 Å². The number of alkyl carbamates (subject to hydrolysis) is 1. The number of para-hydroxylation sites is 5. The van der Waals surface area contributed by atoms with Crippen molar-refractivity contribution in [1.82, 2.24) is 49.8 Å².